The lowest BCUT2D eigenvalue weighted by molar-refractivity contribution is 0.101. The van der Waals surface area contributed by atoms with Crippen LogP contribution in [0.5, 0.6) is 0 Å². The highest BCUT2D eigenvalue weighted by atomic mass is 79.9. The molecule has 1 aliphatic rings. The third kappa shape index (κ3) is 3.86. The van der Waals surface area contributed by atoms with E-state index >= 15 is 0 Å². The second-order valence-corrected chi connectivity index (χ2v) is 10.7. The third-order valence-corrected chi connectivity index (χ3v) is 7.66. The van der Waals surface area contributed by atoms with Crippen molar-refractivity contribution in [1.29, 1.82) is 0 Å². The summed E-state index contributed by atoms with van der Waals surface area (Å²) in [5, 5.41) is 0.807. The second kappa shape index (κ2) is 9.34. The predicted molar refractivity (Wildman–Crippen MR) is 160 cm³/mol. The molecule has 4 nitrogen and oxygen atoms in total. The van der Waals surface area contributed by atoms with E-state index in [0.29, 0.717) is 11.4 Å². The number of hydrogen-bond donors (Lipinski definition) is 0. The van der Waals surface area contributed by atoms with Crippen LogP contribution in [0.2, 0.25) is 0 Å². The number of amidine groups is 1. The quantitative estimate of drug-likeness (QED) is 0.222. The Bertz CT molecular complexity index is 1750. The van der Waals surface area contributed by atoms with Gasteiger partial charge in [-0.3, -0.25) is 9.69 Å². The molecule has 0 saturated heterocycles. The van der Waals surface area contributed by atoms with Crippen molar-refractivity contribution in [3.8, 4) is 11.3 Å². The number of nitrogens with zero attached hydrogens (tertiary/aromatic N) is 3. The summed E-state index contributed by atoms with van der Waals surface area (Å²) in [7, 11) is 0. The van der Waals surface area contributed by atoms with E-state index in [4.69, 9.17) is 9.98 Å². The van der Waals surface area contributed by atoms with Crippen LogP contribution in [0.3, 0.4) is 0 Å². The Morgan fingerprint density at radius 2 is 1.37 bits per heavy atom. The van der Waals surface area contributed by atoms with Crippen LogP contribution in [-0.2, 0) is 0 Å². The van der Waals surface area contributed by atoms with Crippen molar-refractivity contribution < 1.29 is 4.79 Å². The maximum atomic E-state index is 14.6. The molecule has 0 bridgehead atoms. The fourth-order valence-corrected chi connectivity index (χ4v) is 5.72. The van der Waals surface area contributed by atoms with Crippen molar-refractivity contribution in [2.24, 2.45) is 4.99 Å². The molecule has 0 aliphatic carbocycles. The fourth-order valence-electron chi connectivity index (χ4n) is 5.36. The summed E-state index contributed by atoms with van der Waals surface area (Å²) in [5.74, 6) is 0.512. The highest BCUT2D eigenvalue weighted by Crippen LogP contribution is 2.42. The van der Waals surface area contributed by atoms with Gasteiger partial charge in [0.05, 0.1) is 33.7 Å². The van der Waals surface area contributed by atoms with Gasteiger partial charge >= 0.3 is 0 Å². The van der Waals surface area contributed by atoms with E-state index in [0.717, 1.165) is 65.8 Å². The lowest BCUT2D eigenvalue weighted by atomic mass is 9.98. The van der Waals surface area contributed by atoms with E-state index in [1.165, 1.54) is 0 Å². The van der Waals surface area contributed by atoms with Gasteiger partial charge in [-0.1, -0.05) is 82.7 Å². The van der Waals surface area contributed by atoms with Gasteiger partial charge < -0.3 is 0 Å². The van der Waals surface area contributed by atoms with Gasteiger partial charge in [0, 0.05) is 15.4 Å². The topological polar surface area (TPSA) is 45.6 Å². The first kappa shape index (κ1) is 24.3. The molecule has 4 aromatic carbocycles. The zero-order chi connectivity index (χ0) is 26.6. The third-order valence-electron chi connectivity index (χ3n) is 7.17. The summed E-state index contributed by atoms with van der Waals surface area (Å²) in [4.78, 5) is 26.8. The van der Waals surface area contributed by atoms with Gasteiger partial charge in [0.15, 0.2) is 5.84 Å². The van der Waals surface area contributed by atoms with E-state index in [2.05, 4.69) is 41.9 Å². The van der Waals surface area contributed by atoms with Gasteiger partial charge in [0.2, 0.25) is 0 Å². The Balaban J connectivity index is 1.79. The number of carbonyl (C=O) groups excluding carboxylic acids is 1. The minimum atomic E-state index is -0.0925. The SMILES string of the molecule is Cc1cccc(C)c1N=C1c2c(-c3ccccc3)nc3ccc(Br)cc3c2C(=O)N1c1c(C)cccc1C. The van der Waals surface area contributed by atoms with Crippen LogP contribution in [-0.4, -0.2) is 16.7 Å². The van der Waals surface area contributed by atoms with Crippen molar-refractivity contribution in [1.82, 2.24) is 4.98 Å². The second-order valence-electron chi connectivity index (χ2n) is 9.79. The average Bonchev–Trinajstić information content (AvgIpc) is 3.18. The number of anilines is 1. The molecule has 0 spiro atoms. The van der Waals surface area contributed by atoms with E-state index in [9.17, 15) is 4.79 Å². The number of amides is 1. The first-order chi connectivity index (χ1) is 18.3. The number of para-hydroxylation sites is 2. The molecule has 0 atom stereocenters. The van der Waals surface area contributed by atoms with Gasteiger partial charge in [0.1, 0.15) is 0 Å². The molecule has 0 fully saturated rings. The van der Waals surface area contributed by atoms with Crippen molar-refractivity contribution in [2.75, 3.05) is 4.90 Å². The number of rotatable bonds is 3. The summed E-state index contributed by atoms with van der Waals surface area (Å²) >= 11 is 3.61. The zero-order valence-electron chi connectivity index (χ0n) is 21.7. The largest absolute Gasteiger partial charge is 0.268 e. The molecule has 0 N–H and O–H groups in total. The molecule has 0 unspecified atom stereocenters. The Labute approximate surface area is 230 Å². The highest BCUT2D eigenvalue weighted by molar-refractivity contribution is 9.10. The number of hydrogen-bond acceptors (Lipinski definition) is 3. The molecule has 2 heterocycles. The molecular formula is C33H26BrN3O. The van der Waals surface area contributed by atoms with Gasteiger partial charge in [-0.05, 0) is 68.1 Å². The molecule has 186 valence electrons. The monoisotopic (exact) mass is 559 g/mol. The van der Waals surface area contributed by atoms with E-state index in [1.807, 2.05) is 86.6 Å². The highest BCUT2D eigenvalue weighted by Gasteiger charge is 2.41. The van der Waals surface area contributed by atoms with Crippen LogP contribution in [0.25, 0.3) is 22.2 Å². The number of halogens is 1. The van der Waals surface area contributed by atoms with Gasteiger partial charge in [0.25, 0.3) is 5.91 Å². The van der Waals surface area contributed by atoms with Crippen molar-refractivity contribution in [3.63, 3.8) is 0 Å². The van der Waals surface area contributed by atoms with Crippen LogP contribution in [0.4, 0.5) is 11.4 Å². The van der Waals surface area contributed by atoms with Crippen LogP contribution >= 0.6 is 15.9 Å². The summed E-state index contributed by atoms with van der Waals surface area (Å²) in [6.07, 6.45) is 0. The Morgan fingerprint density at radius 3 is 2.03 bits per heavy atom. The molecule has 5 heteroatoms. The van der Waals surface area contributed by atoms with Gasteiger partial charge in [-0.15, -0.1) is 0 Å². The molecule has 1 aromatic heterocycles. The molecule has 6 rings (SSSR count). The van der Waals surface area contributed by atoms with Gasteiger partial charge in [-0.25, -0.2) is 9.98 Å². The molecule has 38 heavy (non-hydrogen) atoms. The maximum Gasteiger partial charge on any atom is 0.265 e. The molecule has 0 saturated carbocycles. The number of fused-ring (bicyclic) bond motifs is 3. The molecular weight excluding hydrogens is 534 g/mol. The van der Waals surface area contributed by atoms with Crippen molar-refractivity contribution in [3.05, 3.63) is 123 Å². The number of aryl methyl sites for hydroxylation is 4. The van der Waals surface area contributed by atoms with Crippen LogP contribution in [0.1, 0.15) is 38.2 Å². The predicted octanol–water partition coefficient (Wildman–Crippen LogP) is 8.64. The normalized spacial score (nSPS) is 14.0. The Morgan fingerprint density at radius 1 is 0.737 bits per heavy atom. The fraction of sp³-hybridized carbons (Fsp3) is 0.121. The van der Waals surface area contributed by atoms with Gasteiger partial charge in [-0.2, -0.15) is 0 Å². The lowest BCUT2D eigenvalue weighted by Crippen LogP contribution is -2.31. The molecule has 1 amide bonds. The number of pyridine rings is 1. The average molecular weight is 560 g/mol. The summed E-state index contributed by atoms with van der Waals surface area (Å²) in [5.41, 5.74) is 9.72. The van der Waals surface area contributed by atoms with Crippen LogP contribution < -0.4 is 4.90 Å². The Kier molecular flexibility index (Phi) is 5.96. The first-order valence-corrected chi connectivity index (χ1v) is 13.4. The number of benzene rings is 4. The maximum absolute atomic E-state index is 14.6. The number of aromatic nitrogens is 1. The minimum Gasteiger partial charge on any atom is -0.268 e. The number of carbonyl (C=O) groups is 1. The van der Waals surface area contributed by atoms with E-state index in [1.54, 1.807) is 4.90 Å². The first-order valence-electron chi connectivity index (χ1n) is 12.6. The standard InChI is InChI=1S/C33H26BrN3O/c1-19-10-8-11-20(2)29(19)36-32-28-27(33(38)37(32)31-21(3)12-9-13-22(31)4)25-18-24(34)16-17-26(25)35-30(28)23-14-6-5-7-15-23/h5-18H,1-4H3. The lowest BCUT2D eigenvalue weighted by Gasteiger charge is -2.22. The molecule has 5 aromatic rings. The molecule has 1 aliphatic heterocycles. The van der Waals surface area contributed by atoms with Crippen molar-refractivity contribution >= 4 is 50.0 Å². The summed E-state index contributed by atoms with van der Waals surface area (Å²) < 4.78 is 0.896. The van der Waals surface area contributed by atoms with Crippen LogP contribution in [0, 0.1) is 27.7 Å². The smallest absolute Gasteiger partial charge is 0.265 e. The zero-order valence-corrected chi connectivity index (χ0v) is 23.3. The summed E-state index contributed by atoms with van der Waals surface area (Å²) in [6.45, 7) is 8.20. The van der Waals surface area contributed by atoms with Crippen LogP contribution in [0.15, 0.2) is 94.4 Å². The molecule has 0 radical (unpaired) electrons. The van der Waals surface area contributed by atoms with E-state index in [-0.39, 0.29) is 5.91 Å². The van der Waals surface area contributed by atoms with Crippen molar-refractivity contribution in [2.45, 2.75) is 27.7 Å². The minimum absolute atomic E-state index is 0.0925. The number of aliphatic imine (C=N–C) groups is 1. The van der Waals surface area contributed by atoms with E-state index < -0.39 is 0 Å². The summed E-state index contributed by atoms with van der Waals surface area (Å²) in [6, 6.07) is 28.2. The Hall–Kier alpha value is -4.09.